The van der Waals surface area contributed by atoms with Crippen molar-refractivity contribution in [2.45, 2.75) is 18.7 Å². The molecule has 0 aliphatic rings. The summed E-state index contributed by atoms with van der Waals surface area (Å²) in [5, 5.41) is 6.84. The normalized spacial score (nSPS) is 11.4. The second-order valence-electron chi connectivity index (χ2n) is 4.50. The smallest absolute Gasteiger partial charge is 0.264 e. The number of aryl methyl sites for hydroxylation is 3. The molecule has 0 fully saturated rings. The molecule has 2 aromatic rings. The number of anilines is 2. The summed E-state index contributed by atoms with van der Waals surface area (Å²) in [7, 11) is -0.282. The maximum Gasteiger partial charge on any atom is 0.264 e. The Kier molecular flexibility index (Phi) is 3.67. The van der Waals surface area contributed by atoms with E-state index in [-0.39, 0.29) is 10.8 Å². The second-order valence-corrected chi connectivity index (χ2v) is 6.12. The fourth-order valence-electron chi connectivity index (χ4n) is 2.08. The van der Waals surface area contributed by atoms with Gasteiger partial charge in [-0.1, -0.05) is 0 Å². The van der Waals surface area contributed by atoms with Gasteiger partial charge in [-0.15, -0.1) is 0 Å². The summed E-state index contributed by atoms with van der Waals surface area (Å²) in [6.07, 6.45) is 1.29. The summed E-state index contributed by atoms with van der Waals surface area (Å²) in [6.45, 7) is 3.53. The van der Waals surface area contributed by atoms with E-state index in [0.29, 0.717) is 11.1 Å². The summed E-state index contributed by atoms with van der Waals surface area (Å²) in [4.78, 5) is 4.13. The zero-order valence-corrected chi connectivity index (χ0v) is 12.6. The number of hydrogen-bond acceptors (Lipinski definition) is 5. The SMILES string of the molecule is CNc1cc(C)c(S(=O)(=O)Nc2ncnn2C)c(C)c1. The maximum absolute atomic E-state index is 12.5. The third-order valence-corrected chi connectivity index (χ3v) is 4.59. The van der Waals surface area contributed by atoms with Gasteiger partial charge in [0.2, 0.25) is 5.95 Å². The molecule has 0 spiro atoms. The van der Waals surface area contributed by atoms with Crippen LogP contribution in [-0.4, -0.2) is 30.2 Å². The van der Waals surface area contributed by atoms with Crippen LogP contribution in [0.1, 0.15) is 11.1 Å². The molecule has 0 unspecified atom stereocenters. The standard InChI is InChI=1S/C12H17N5O2S/c1-8-5-10(13-3)6-9(2)11(8)20(18,19)16-12-14-7-15-17(12)4/h5-7,13H,1-4H3,(H,14,15,16). The molecule has 7 nitrogen and oxygen atoms in total. The van der Waals surface area contributed by atoms with Gasteiger partial charge in [0.1, 0.15) is 6.33 Å². The summed E-state index contributed by atoms with van der Waals surface area (Å²) in [5.74, 6) is 0.182. The van der Waals surface area contributed by atoms with E-state index in [0.717, 1.165) is 5.69 Å². The van der Waals surface area contributed by atoms with E-state index in [1.54, 1.807) is 40.1 Å². The van der Waals surface area contributed by atoms with Crippen LogP contribution in [0.25, 0.3) is 0 Å². The van der Waals surface area contributed by atoms with Gasteiger partial charge in [-0.2, -0.15) is 10.1 Å². The fraction of sp³-hybridized carbons (Fsp3) is 0.333. The molecule has 0 aliphatic carbocycles. The van der Waals surface area contributed by atoms with Gasteiger partial charge in [-0.3, -0.25) is 0 Å². The number of nitrogens with one attached hydrogen (secondary N) is 2. The number of hydrogen-bond donors (Lipinski definition) is 2. The van der Waals surface area contributed by atoms with Crippen molar-refractivity contribution in [1.29, 1.82) is 0 Å². The van der Waals surface area contributed by atoms with E-state index >= 15 is 0 Å². The number of benzene rings is 1. The summed E-state index contributed by atoms with van der Waals surface area (Å²) in [5.41, 5.74) is 2.21. The predicted molar refractivity (Wildman–Crippen MR) is 77.3 cm³/mol. The Morgan fingerprint density at radius 2 is 1.80 bits per heavy atom. The van der Waals surface area contributed by atoms with Crippen molar-refractivity contribution in [1.82, 2.24) is 14.8 Å². The molecule has 0 atom stereocenters. The van der Waals surface area contributed by atoms with Crippen molar-refractivity contribution < 1.29 is 8.42 Å². The molecular weight excluding hydrogens is 278 g/mol. The molecule has 1 aromatic heterocycles. The highest BCUT2D eigenvalue weighted by atomic mass is 32.2. The van der Waals surface area contributed by atoms with E-state index in [4.69, 9.17) is 0 Å². The zero-order chi connectivity index (χ0) is 14.9. The van der Waals surface area contributed by atoms with Gasteiger partial charge >= 0.3 is 0 Å². The van der Waals surface area contributed by atoms with Crippen LogP contribution in [0.3, 0.4) is 0 Å². The number of aromatic nitrogens is 3. The first-order valence-corrected chi connectivity index (χ1v) is 7.49. The monoisotopic (exact) mass is 295 g/mol. The van der Waals surface area contributed by atoms with Gasteiger partial charge in [0.15, 0.2) is 0 Å². The van der Waals surface area contributed by atoms with Crippen LogP contribution >= 0.6 is 0 Å². The lowest BCUT2D eigenvalue weighted by molar-refractivity contribution is 0.599. The zero-order valence-electron chi connectivity index (χ0n) is 11.8. The lowest BCUT2D eigenvalue weighted by atomic mass is 10.1. The van der Waals surface area contributed by atoms with Crippen molar-refractivity contribution in [3.05, 3.63) is 29.6 Å². The van der Waals surface area contributed by atoms with Crippen LogP contribution in [0.15, 0.2) is 23.4 Å². The Balaban J connectivity index is 2.47. The summed E-state index contributed by atoms with van der Waals surface area (Å²) in [6, 6.07) is 3.58. The molecule has 0 radical (unpaired) electrons. The molecule has 8 heteroatoms. The molecule has 0 amide bonds. The fourth-order valence-corrected chi connectivity index (χ4v) is 3.57. The largest absolute Gasteiger partial charge is 0.388 e. The van der Waals surface area contributed by atoms with Gasteiger partial charge < -0.3 is 5.32 Å². The second kappa shape index (κ2) is 5.12. The average Bonchev–Trinajstić information content (AvgIpc) is 2.72. The third-order valence-electron chi connectivity index (χ3n) is 2.95. The first-order valence-electron chi connectivity index (χ1n) is 6.01. The molecule has 0 aliphatic heterocycles. The quantitative estimate of drug-likeness (QED) is 0.887. The maximum atomic E-state index is 12.5. The Morgan fingerprint density at radius 3 is 2.25 bits per heavy atom. The molecule has 0 saturated carbocycles. The molecule has 1 heterocycles. The number of sulfonamides is 1. The van der Waals surface area contributed by atoms with Crippen molar-refractivity contribution in [3.8, 4) is 0 Å². The minimum Gasteiger partial charge on any atom is -0.388 e. The highest BCUT2D eigenvalue weighted by molar-refractivity contribution is 7.92. The molecule has 1 aromatic carbocycles. The van der Waals surface area contributed by atoms with E-state index in [9.17, 15) is 8.42 Å². The number of nitrogens with zero attached hydrogens (tertiary/aromatic N) is 3. The van der Waals surface area contributed by atoms with Gasteiger partial charge in [-0.05, 0) is 37.1 Å². The van der Waals surface area contributed by atoms with Crippen LogP contribution in [0.2, 0.25) is 0 Å². The Bertz CT molecular complexity index is 713. The highest BCUT2D eigenvalue weighted by Crippen LogP contribution is 2.25. The van der Waals surface area contributed by atoms with Crippen molar-refractivity contribution >= 4 is 21.7 Å². The van der Waals surface area contributed by atoms with E-state index in [2.05, 4.69) is 20.1 Å². The first kappa shape index (κ1) is 14.3. The van der Waals surface area contributed by atoms with Crippen LogP contribution in [0.5, 0.6) is 0 Å². The van der Waals surface area contributed by atoms with Crippen molar-refractivity contribution in [3.63, 3.8) is 0 Å². The van der Waals surface area contributed by atoms with E-state index < -0.39 is 10.0 Å². The van der Waals surface area contributed by atoms with E-state index in [1.807, 2.05) is 0 Å². The van der Waals surface area contributed by atoms with E-state index in [1.165, 1.54) is 11.0 Å². The molecule has 108 valence electrons. The number of rotatable bonds is 4. The molecule has 20 heavy (non-hydrogen) atoms. The summed E-state index contributed by atoms with van der Waals surface area (Å²) < 4.78 is 28.8. The van der Waals surface area contributed by atoms with Crippen molar-refractivity contribution in [2.24, 2.45) is 7.05 Å². The predicted octanol–water partition coefficient (Wildman–Crippen LogP) is 1.27. The van der Waals surface area contributed by atoms with Crippen LogP contribution in [0.4, 0.5) is 11.6 Å². The summed E-state index contributed by atoms with van der Waals surface area (Å²) >= 11 is 0. The van der Waals surface area contributed by atoms with Gasteiger partial charge in [0, 0.05) is 19.8 Å². The van der Waals surface area contributed by atoms with Gasteiger partial charge in [0.25, 0.3) is 10.0 Å². The van der Waals surface area contributed by atoms with Crippen LogP contribution in [0, 0.1) is 13.8 Å². The Hall–Kier alpha value is -2.09. The molecule has 2 N–H and O–H groups in total. The van der Waals surface area contributed by atoms with Crippen molar-refractivity contribution in [2.75, 3.05) is 17.1 Å². The highest BCUT2D eigenvalue weighted by Gasteiger charge is 2.22. The lowest BCUT2D eigenvalue weighted by Gasteiger charge is -2.14. The minimum atomic E-state index is -3.69. The Morgan fingerprint density at radius 1 is 1.20 bits per heavy atom. The molecule has 2 rings (SSSR count). The van der Waals surface area contributed by atoms with Crippen LogP contribution in [-0.2, 0) is 17.1 Å². The van der Waals surface area contributed by atoms with Crippen LogP contribution < -0.4 is 10.0 Å². The Labute approximate surface area is 118 Å². The molecule has 0 saturated heterocycles. The first-order chi connectivity index (χ1) is 9.35. The molecule has 0 bridgehead atoms. The van der Waals surface area contributed by atoms with Gasteiger partial charge in [0.05, 0.1) is 4.90 Å². The topological polar surface area (TPSA) is 88.9 Å². The lowest BCUT2D eigenvalue weighted by Crippen LogP contribution is -2.18. The third kappa shape index (κ3) is 2.60. The molecular formula is C12H17N5O2S. The average molecular weight is 295 g/mol. The van der Waals surface area contributed by atoms with Gasteiger partial charge in [-0.25, -0.2) is 17.8 Å². The minimum absolute atomic E-state index is 0.182.